The molecule has 0 aliphatic carbocycles. The van der Waals surface area contributed by atoms with Crippen LogP contribution in [-0.2, 0) is 6.54 Å². The van der Waals surface area contributed by atoms with Crippen LogP contribution >= 0.6 is 11.8 Å². The zero-order valence-electron chi connectivity index (χ0n) is 6.59. The normalized spacial score (nSPS) is 10.3. The van der Waals surface area contributed by atoms with Crippen LogP contribution in [0.3, 0.4) is 0 Å². The number of thioether (sulfide) groups is 1. The fourth-order valence-corrected chi connectivity index (χ4v) is 1.35. The van der Waals surface area contributed by atoms with Crippen molar-refractivity contribution in [2.24, 2.45) is 0 Å². The van der Waals surface area contributed by atoms with Crippen molar-refractivity contribution in [3.05, 3.63) is 12.0 Å². The van der Waals surface area contributed by atoms with Gasteiger partial charge in [0.25, 0.3) is 0 Å². The number of rotatable bonds is 2. The number of aryl methyl sites for hydroxylation is 2. The fraction of sp³-hybridized carbons (Fsp3) is 0.571. The molecule has 0 aromatic carbocycles. The Labute approximate surface area is 65.7 Å². The van der Waals surface area contributed by atoms with Crippen LogP contribution in [0, 0.1) is 6.92 Å². The summed E-state index contributed by atoms with van der Waals surface area (Å²) in [5.74, 6) is 1.10. The molecule has 1 rings (SSSR count). The van der Waals surface area contributed by atoms with Gasteiger partial charge in [-0.05, 0) is 20.1 Å². The highest BCUT2D eigenvalue weighted by atomic mass is 32.2. The molecule has 1 aromatic rings. The minimum Gasteiger partial charge on any atom is -0.334 e. The second-order valence-electron chi connectivity index (χ2n) is 2.12. The van der Waals surface area contributed by atoms with Crippen LogP contribution < -0.4 is 0 Å². The molecule has 0 aliphatic rings. The molecule has 0 spiro atoms. The van der Waals surface area contributed by atoms with Crippen molar-refractivity contribution < 1.29 is 0 Å². The van der Waals surface area contributed by atoms with E-state index in [0.29, 0.717) is 0 Å². The van der Waals surface area contributed by atoms with Crippen LogP contribution in [0.1, 0.15) is 12.7 Å². The summed E-state index contributed by atoms with van der Waals surface area (Å²) in [6.45, 7) is 5.17. The average Bonchev–Trinajstić information content (AvgIpc) is 2.30. The lowest BCUT2D eigenvalue weighted by Crippen LogP contribution is -1.93. The quantitative estimate of drug-likeness (QED) is 0.609. The summed E-state index contributed by atoms with van der Waals surface area (Å²) in [4.78, 5) is 4.33. The lowest BCUT2D eigenvalue weighted by molar-refractivity contribution is 0.730. The van der Waals surface area contributed by atoms with Gasteiger partial charge in [-0.1, -0.05) is 0 Å². The van der Waals surface area contributed by atoms with E-state index in [2.05, 4.69) is 22.7 Å². The zero-order valence-corrected chi connectivity index (χ0v) is 7.40. The molecule has 0 aliphatic heterocycles. The summed E-state index contributed by atoms with van der Waals surface area (Å²) < 4.78 is 2.14. The van der Waals surface area contributed by atoms with Crippen LogP contribution in [0.2, 0.25) is 0 Å². The van der Waals surface area contributed by atoms with Crippen molar-refractivity contribution >= 4 is 11.8 Å². The van der Waals surface area contributed by atoms with E-state index in [4.69, 9.17) is 0 Å². The van der Waals surface area contributed by atoms with Crippen LogP contribution in [0.5, 0.6) is 0 Å². The van der Waals surface area contributed by atoms with Crippen LogP contribution in [0.25, 0.3) is 0 Å². The monoisotopic (exact) mass is 156 g/mol. The molecule has 0 radical (unpaired) electrons. The van der Waals surface area contributed by atoms with Gasteiger partial charge in [-0.25, -0.2) is 4.98 Å². The number of imidazole rings is 1. The number of hydrogen-bond donors (Lipinski definition) is 0. The molecular formula is C7H12N2S. The minimum atomic E-state index is 1.01. The molecule has 0 saturated carbocycles. The minimum absolute atomic E-state index is 1.01. The second kappa shape index (κ2) is 3.10. The highest BCUT2D eigenvalue weighted by molar-refractivity contribution is 7.98. The summed E-state index contributed by atoms with van der Waals surface area (Å²) in [7, 11) is 0. The van der Waals surface area contributed by atoms with E-state index in [0.717, 1.165) is 17.4 Å². The standard InChI is InChI=1S/C7H12N2S/c1-4-9-5-7(10-3)8-6(9)2/h5H,4H2,1-3H3. The van der Waals surface area contributed by atoms with E-state index in [9.17, 15) is 0 Å². The maximum Gasteiger partial charge on any atom is 0.114 e. The first kappa shape index (κ1) is 7.66. The van der Waals surface area contributed by atoms with Gasteiger partial charge in [0.15, 0.2) is 0 Å². The van der Waals surface area contributed by atoms with Crippen LogP contribution in [-0.4, -0.2) is 15.8 Å². The maximum atomic E-state index is 4.33. The van der Waals surface area contributed by atoms with Gasteiger partial charge in [0, 0.05) is 12.7 Å². The van der Waals surface area contributed by atoms with E-state index < -0.39 is 0 Å². The molecule has 10 heavy (non-hydrogen) atoms. The fourth-order valence-electron chi connectivity index (χ4n) is 0.898. The highest BCUT2D eigenvalue weighted by Gasteiger charge is 1.98. The lowest BCUT2D eigenvalue weighted by Gasteiger charge is -1.95. The Kier molecular flexibility index (Phi) is 2.38. The molecule has 0 fully saturated rings. The molecular weight excluding hydrogens is 144 g/mol. The third kappa shape index (κ3) is 1.34. The molecule has 0 amide bonds. The summed E-state index contributed by atoms with van der Waals surface area (Å²) in [5, 5.41) is 1.11. The third-order valence-electron chi connectivity index (χ3n) is 1.50. The zero-order chi connectivity index (χ0) is 7.56. The van der Waals surface area contributed by atoms with Crippen molar-refractivity contribution in [2.45, 2.75) is 25.4 Å². The Balaban J connectivity index is 2.92. The van der Waals surface area contributed by atoms with Crippen LogP contribution in [0.15, 0.2) is 11.2 Å². The maximum absolute atomic E-state index is 4.33. The Hall–Kier alpha value is -0.440. The van der Waals surface area contributed by atoms with E-state index >= 15 is 0 Å². The number of hydrogen-bond acceptors (Lipinski definition) is 2. The average molecular weight is 156 g/mol. The van der Waals surface area contributed by atoms with Gasteiger partial charge in [0.05, 0.1) is 0 Å². The molecule has 2 nitrogen and oxygen atoms in total. The smallest absolute Gasteiger partial charge is 0.114 e. The predicted octanol–water partition coefficient (Wildman–Crippen LogP) is 1.93. The van der Waals surface area contributed by atoms with Crippen molar-refractivity contribution in [2.75, 3.05) is 6.26 Å². The van der Waals surface area contributed by atoms with E-state index in [1.165, 1.54) is 0 Å². The molecule has 56 valence electrons. The van der Waals surface area contributed by atoms with Gasteiger partial charge in [0.2, 0.25) is 0 Å². The Morgan fingerprint density at radius 1 is 1.70 bits per heavy atom. The Bertz CT molecular complexity index is 217. The number of aromatic nitrogens is 2. The first-order valence-electron chi connectivity index (χ1n) is 3.35. The first-order chi connectivity index (χ1) is 4.77. The first-order valence-corrected chi connectivity index (χ1v) is 4.58. The topological polar surface area (TPSA) is 17.8 Å². The Morgan fingerprint density at radius 3 is 2.70 bits per heavy atom. The van der Waals surface area contributed by atoms with Crippen LogP contribution in [0.4, 0.5) is 0 Å². The largest absolute Gasteiger partial charge is 0.334 e. The van der Waals surface area contributed by atoms with E-state index in [-0.39, 0.29) is 0 Å². The lowest BCUT2D eigenvalue weighted by atomic mass is 10.6. The molecule has 0 unspecified atom stereocenters. The van der Waals surface area contributed by atoms with Crippen molar-refractivity contribution in [3.63, 3.8) is 0 Å². The van der Waals surface area contributed by atoms with Gasteiger partial charge in [-0.15, -0.1) is 11.8 Å². The molecule has 0 atom stereocenters. The summed E-state index contributed by atoms with van der Waals surface area (Å²) >= 11 is 1.69. The highest BCUT2D eigenvalue weighted by Crippen LogP contribution is 2.12. The van der Waals surface area contributed by atoms with Gasteiger partial charge in [0.1, 0.15) is 10.9 Å². The summed E-state index contributed by atoms with van der Waals surface area (Å²) in [5.41, 5.74) is 0. The molecule has 0 bridgehead atoms. The van der Waals surface area contributed by atoms with Gasteiger partial charge >= 0.3 is 0 Å². The van der Waals surface area contributed by atoms with Gasteiger partial charge in [-0.3, -0.25) is 0 Å². The van der Waals surface area contributed by atoms with E-state index in [1.807, 2.05) is 13.2 Å². The van der Waals surface area contributed by atoms with Crippen molar-refractivity contribution in [1.29, 1.82) is 0 Å². The van der Waals surface area contributed by atoms with E-state index in [1.54, 1.807) is 11.8 Å². The van der Waals surface area contributed by atoms with Crippen molar-refractivity contribution in [1.82, 2.24) is 9.55 Å². The second-order valence-corrected chi connectivity index (χ2v) is 2.94. The van der Waals surface area contributed by atoms with Gasteiger partial charge < -0.3 is 4.57 Å². The van der Waals surface area contributed by atoms with Gasteiger partial charge in [-0.2, -0.15) is 0 Å². The molecule has 1 heterocycles. The third-order valence-corrected chi connectivity index (χ3v) is 2.12. The van der Waals surface area contributed by atoms with Crippen molar-refractivity contribution in [3.8, 4) is 0 Å². The number of nitrogens with zero attached hydrogens (tertiary/aromatic N) is 2. The SMILES string of the molecule is CCn1cc(SC)nc1C. The molecule has 0 saturated heterocycles. The molecule has 1 aromatic heterocycles. The summed E-state index contributed by atoms with van der Waals surface area (Å²) in [6, 6.07) is 0. The summed E-state index contributed by atoms with van der Waals surface area (Å²) in [6.07, 6.45) is 4.13. The molecule has 0 N–H and O–H groups in total. The molecule has 3 heteroatoms. The Morgan fingerprint density at radius 2 is 2.40 bits per heavy atom. The predicted molar refractivity (Wildman–Crippen MR) is 44.4 cm³/mol.